The second-order valence-corrected chi connectivity index (χ2v) is 16.2. The maximum absolute atomic E-state index is 13.7. The molecule has 0 spiro atoms. The van der Waals surface area contributed by atoms with Crippen molar-refractivity contribution in [2.45, 2.75) is 38.5 Å². The number of nitrogens with zero attached hydrogens (tertiary/aromatic N) is 7. The van der Waals surface area contributed by atoms with E-state index >= 15 is 0 Å². The molecule has 1 aliphatic rings. The number of alkyl halides is 3. The minimum atomic E-state index is -5.08. The Morgan fingerprint density at radius 3 is 2.19 bits per heavy atom. The topological polar surface area (TPSA) is 191 Å². The van der Waals surface area contributed by atoms with Gasteiger partial charge in [-0.2, -0.15) is 13.2 Å². The van der Waals surface area contributed by atoms with Crippen LogP contribution in [-0.2, 0) is 42.5 Å². The highest BCUT2D eigenvalue weighted by molar-refractivity contribution is 6.07. The van der Waals surface area contributed by atoms with Gasteiger partial charge >= 0.3 is 12.1 Å². The zero-order valence-electron chi connectivity index (χ0n) is 37.7. The van der Waals surface area contributed by atoms with E-state index < -0.39 is 12.1 Å². The monoisotopic (exact) mass is 944 g/mol. The van der Waals surface area contributed by atoms with Gasteiger partial charge in [0, 0.05) is 82.1 Å². The number of aryl methyl sites for hydroxylation is 5. The second-order valence-electron chi connectivity index (χ2n) is 16.2. The molecule has 0 radical (unpaired) electrons. The summed E-state index contributed by atoms with van der Waals surface area (Å²) in [7, 11) is 1.74. The van der Waals surface area contributed by atoms with Crippen molar-refractivity contribution in [3.05, 3.63) is 161 Å². The highest BCUT2D eigenvalue weighted by Crippen LogP contribution is 2.21. The molecule has 358 valence electrons. The molecule has 16 nitrogen and oxygen atoms in total. The molecule has 4 N–H and O–H groups in total. The number of morpholine rings is 1. The second kappa shape index (κ2) is 23.2. The van der Waals surface area contributed by atoms with Gasteiger partial charge in [-0.1, -0.05) is 78.0 Å². The van der Waals surface area contributed by atoms with Gasteiger partial charge < -0.3 is 34.9 Å². The number of amides is 3. The summed E-state index contributed by atoms with van der Waals surface area (Å²) in [5.74, 6) is -3.66. The van der Waals surface area contributed by atoms with Gasteiger partial charge in [-0.15, -0.1) is 5.10 Å². The first-order valence-corrected chi connectivity index (χ1v) is 22.2. The Morgan fingerprint density at radius 1 is 0.754 bits per heavy atom. The van der Waals surface area contributed by atoms with Crippen LogP contribution < -0.4 is 16.0 Å². The van der Waals surface area contributed by atoms with Crippen LogP contribution in [0.15, 0.2) is 122 Å². The van der Waals surface area contributed by atoms with Gasteiger partial charge in [0.25, 0.3) is 17.7 Å². The first-order valence-electron chi connectivity index (χ1n) is 22.2. The smallest absolute Gasteiger partial charge is 0.475 e. The first-order chi connectivity index (χ1) is 33.3. The summed E-state index contributed by atoms with van der Waals surface area (Å²) in [6, 6.07) is 31.0. The molecular weight excluding hydrogens is 894 g/mol. The number of fused-ring (bicyclic) bond motifs is 1. The van der Waals surface area contributed by atoms with Gasteiger partial charge in [-0.3, -0.25) is 28.9 Å². The Hall–Kier alpha value is -7.90. The third-order valence-corrected chi connectivity index (χ3v) is 11.1. The van der Waals surface area contributed by atoms with Crippen LogP contribution >= 0.6 is 0 Å². The van der Waals surface area contributed by atoms with Gasteiger partial charge in [0.15, 0.2) is 0 Å². The number of carbonyl (C=O) groups excluding carboxylic acids is 3. The molecule has 5 heterocycles. The van der Waals surface area contributed by atoms with Crippen molar-refractivity contribution in [1.82, 2.24) is 39.3 Å². The lowest BCUT2D eigenvalue weighted by atomic mass is 10.1. The third-order valence-electron chi connectivity index (χ3n) is 11.1. The molecule has 4 aromatic heterocycles. The Labute approximate surface area is 395 Å². The molecule has 0 unspecified atom stereocenters. The van der Waals surface area contributed by atoms with E-state index in [1.165, 1.54) is 5.56 Å². The number of pyridine rings is 1. The average molecular weight is 945 g/mol. The molecule has 0 aliphatic carbocycles. The van der Waals surface area contributed by atoms with Crippen LogP contribution in [0.25, 0.3) is 23.1 Å². The van der Waals surface area contributed by atoms with E-state index in [0.717, 1.165) is 60.3 Å². The van der Waals surface area contributed by atoms with Crippen LogP contribution in [0, 0.1) is 0 Å². The van der Waals surface area contributed by atoms with Crippen molar-refractivity contribution in [1.29, 1.82) is 0 Å². The van der Waals surface area contributed by atoms with E-state index in [2.05, 4.69) is 54.3 Å². The number of nitrogens with one attached hydrogen (secondary N) is 3. The summed E-state index contributed by atoms with van der Waals surface area (Å²) in [4.78, 5) is 56.1. The minimum absolute atomic E-state index is 0.222. The quantitative estimate of drug-likeness (QED) is 0.0726. The third kappa shape index (κ3) is 14.3. The van der Waals surface area contributed by atoms with E-state index in [9.17, 15) is 27.6 Å². The van der Waals surface area contributed by atoms with Gasteiger partial charge in [-0.25, -0.2) is 4.79 Å². The summed E-state index contributed by atoms with van der Waals surface area (Å²) in [5, 5.41) is 25.8. The Kier molecular flexibility index (Phi) is 16.5. The number of aliphatic carboxylic acids is 1. The lowest BCUT2D eigenvalue weighted by Crippen LogP contribution is -2.41. The number of carboxylic acids is 1. The van der Waals surface area contributed by atoms with Crippen LogP contribution in [0.3, 0.4) is 0 Å². The molecule has 8 rings (SSSR count). The molecule has 0 atom stereocenters. The van der Waals surface area contributed by atoms with Gasteiger partial charge in [-0.05, 0) is 72.4 Å². The molecule has 1 fully saturated rings. The maximum atomic E-state index is 13.7. The highest BCUT2D eigenvalue weighted by atomic mass is 19.4. The largest absolute Gasteiger partial charge is 0.490 e. The first kappa shape index (κ1) is 49.0. The lowest BCUT2D eigenvalue weighted by Gasteiger charge is -2.26. The van der Waals surface area contributed by atoms with Crippen molar-refractivity contribution < 1.29 is 42.2 Å². The molecule has 7 aromatic rings. The molecule has 19 heteroatoms. The molecular formula is C50H51F3N10O6. The van der Waals surface area contributed by atoms with Gasteiger partial charge in [0.2, 0.25) is 0 Å². The summed E-state index contributed by atoms with van der Waals surface area (Å²) < 4.78 is 42.6. The van der Waals surface area contributed by atoms with E-state index in [1.54, 1.807) is 48.3 Å². The molecule has 3 aromatic carbocycles. The number of hydrogen-bond donors (Lipinski definition) is 4. The fourth-order valence-corrected chi connectivity index (χ4v) is 7.45. The lowest BCUT2D eigenvalue weighted by molar-refractivity contribution is -0.192. The summed E-state index contributed by atoms with van der Waals surface area (Å²) in [5.41, 5.74) is 7.21. The number of ether oxygens (including phenoxy) is 1. The number of aromatic nitrogens is 6. The minimum Gasteiger partial charge on any atom is -0.475 e. The number of hydrogen-bond acceptors (Lipinski definition) is 9. The Balaban J connectivity index is 0.000000933. The number of rotatable bonds is 17. The van der Waals surface area contributed by atoms with Crippen molar-refractivity contribution in [2.75, 3.05) is 50.0 Å². The number of carboxylic acid groups (broad SMARTS) is 1. The average Bonchev–Trinajstić information content (AvgIpc) is 4.09. The molecule has 0 saturated carbocycles. The number of anilines is 2. The van der Waals surface area contributed by atoms with Crippen molar-refractivity contribution in [3.8, 4) is 0 Å². The van der Waals surface area contributed by atoms with Crippen LogP contribution in [0.5, 0.6) is 0 Å². The fourth-order valence-electron chi connectivity index (χ4n) is 7.45. The summed E-state index contributed by atoms with van der Waals surface area (Å²) in [6.07, 6.45) is 8.42. The zero-order valence-corrected chi connectivity index (χ0v) is 37.7. The number of carbonyl (C=O) groups is 4. The van der Waals surface area contributed by atoms with Crippen LogP contribution in [0.2, 0.25) is 0 Å². The van der Waals surface area contributed by atoms with E-state index in [4.69, 9.17) is 14.6 Å². The van der Waals surface area contributed by atoms with Crippen molar-refractivity contribution >= 4 is 58.1 Å². The van der Waals surface area contributed by atoms with Crippen LogP contribution in [-0.4, -0.2) is 108 Å². The predicted molar refractivity (Wildman–Crippen MR) is 255 cm³/mol. The molecule has 1 saturated heterocycles. The molecule has 0 bridgehead atoms. The molecule has 3 amide bonds. The Bertz CT molecular complexity index is 2890. The maximum Gasteiger partial charge on any atom is 0.490 e. The van der Waals surface area contributed by atoms with Gasteiger partial charge in [0.1, 0.15) is 11.4 Å². The molecule has 69 heavy (non-hydrogen) atoms. The fraction of sp³-hybridized carbons (Fsp3) is 0.260. The van der Waals surface area contributed by atoms with E-state index in [1.807, 2.05) is 88.4 Å². The predicted octanol–water partition coefficient (Wildman–Crippen LogP) is 7.21. The Morgan fingerprint density at radius 2 is 1.43 bits per heavy atom. The van der Waals surface area contributed by atoms with E-state index in [0.29, 0.717) is 67.5 Å². The highest BCUT2D eigenvalue weighted by Gasteiger charge is 2.38. The van der Waals surface area contributed by atoms with Crippen molar-refractivity contribution in [3.63, 3.8) is 0 Å². The number of para-hydroxylation sites is 1. The normalized spacial score (nSPS) is 12.9. The number of benzene rings is 3. The standard InChI is InChI=1S/C48H50N10O4.C2HF3O2/c1-55-32-41(51-46(59)38-17-15-36(16-18-38)13-14-37-28-39-10-5-6-12-43(39)50-31-37)29-44(55)48(61)52-42-30-45(47(60)49-20-23-56-24-26-62-27-25-56)57(33-42)21-7-11-40-34-58(54-53-40)22-19-35-8-3-2-4-9-35;3-2(4,5)1(6)7/h2-6,8-10,12-18,28-34H,7,11,19-27H2,1H3,(H,49,60)(H,51,59)(H,52,61);(H,6,7)/b14-13+;. The molecule has 1 aliphatic heterocycles. The number of halogens is 3. The summed E-state index contributed by atoms with van der Waals surface area (Å²) in [6.45, 7) is 5.52. The summed E-state index contributed by atoms with van der Waals surface area (Å²) >= 11 is 0. The van der Waals surface area contributed by atoms with Gasteiger partial charge in [0.05, 0.1) is 35.8 Å². The SMILES string of the molecule is Cn1cc(NC(=O)c2ccc(/C=C/c3cnc4ccccc4c3)cc2)cc1C(=O)Nc1cc(C(=O)NCCN2CCOCC2)n(CCCc2cn(CCc3ccccc3)nn2)c1.O=C(O)C(F)(F)F. The van der Waals surface area contributed by atoms with Crippen LogP contribution in [0.1, 0.15) is 60.1 Å². The zero-order chi connectivity index (χ0) is 48.8. The van der Waals surface area contributed by atoms with Crippen molar-refractivity contribution in [2.24, 2.45) is 7.05 Å². The van der Waals surface area contributed by atoms with E-state index in [-0.39, 0.29) is 17.7 Å². The van der Waals surface area contributed by atoms with Crippen LogP contribution in [0.4, 0.5) is 24.5 Å².